The lowest BCUT2D eigenvalue weighted by Gasteiger charge is -2.32. The zero-order valence-electron chi connectivity index (χ0n) is 16.2. The molecule has 2 heterocycles. The maximum atomic E-state index is 12.6. The van der Waals surface area contributed by atoms with Crippen molar-refractivity contribution in [1.29, 1.82) is 0 Å². The van der Waals surface area contributed by atoms with E-state index in [4.69, 9.17) is 0 Å². The number of likely N-dealkylation sites (tertiary alicyclic amines) is 2. The van der Waals surface area contributed by atoms with E-state index in [1.165, 1.54) is 10.5 Å². The molecule has 0 radical (unpaired) electrons. The van der Waals surface area contributed by atoms with Crippen LogP contribution in [0.15, 0.2) is 24.3 Å². The third-order valence-corrected chi connectivity index (χ3v) is 6.69. The molecule has 6 nitrogen and oxygen atoms in total. The third-order valence-electron chi connectivity index (χ3n) is 6.69. The van der Waals surface area contributed by atoms with Crippen LogP contribution < -0.4 is 0 Å². The minimum absolute atomic E-state index is 0.0274. The highest BCUT2D eigenvalue weighted by molar-refractivity contribution is 6.05. The largest absolute Gasteiger partial charge is 0.508 e. The topological polar surface area (TPSA) is 77.9 Å². The molecule has 1 aliphatic carbocycles. The lowest BCUT2D eigenvalue weighted by atomic mass is 9.81. The fourth-order valence-corrected chi connectivity index (χ4v) is 5.03. The fourth-order valence-electron chi connectivity index (χ4n) is 5.03. The second-order valence-corrected chi connectivity index (χ2v) is 8.32. The number of amides is 3. The van der Waals surface area contributed by atoms with Crippen molar-refractivity contribution in [1.82, 2.24) is 9.80 Å². The van der Waals surface area contributed by atoms with Gasteiger partial charge in [-0.05, 0) is 49.3 Å². The van der Waals surface area contributed by atoms with Gasteiger partial charge in [-0.2, -0.15) is 0 Å². The number of phenols is 1. The first-order chi connectivity index (χ1) is 13.5. The van der Waals surface area contributed by atoms with Gasteiger partial charge < -0.3 is 10.0 Å². The summed E-state index contributed by atoms with van der Waals surface area (Å²) in [6, 6.07) is 7.30. The average Bonchev–Trinajstić information content (AvgIpc) is 2.97. The maximum absolute atomic E-state index is 12.6. The van der Waals surface area contributed by atoms with Crippen LogP contribution in [0.4, 0.5) is 0 Å². The molecule has 150 valence electrons. The summed E-state index contributed by atoms with van der Waals surface area (Å²) in [6.45, 7) is 1.61. The summed E-state index contributed by atoms with van der Waals surface area (Å²) in [4.78, 5) is 40.9. The fraction of sp³-hybridized carbons (Fsp3) is 0.591. The van der Waals surface area contributed by atoms with Gasteiger partial charge in [0.15, 0.2) is 0 Å². The molecule has 3 amide bonds. The summed E-state index contributed by atoms with van der Waals surface area (Å²) >= 11 is 0. The quantitative estimate of drug-likeness (QED) is 0.810. The molecule has 6 heteroatoms. The van der Waals surface area contributed by atoms with E-state index in [1.54, 1.807) is 12.1 Å². The van der Waals surface area contributed by atoms with Gasteiger partial charge in [-0.3, -0.25) is 19.3 Å². The molecule has 4 rings (SSSR count). The third kappa shape index (κ3) is 3.64. The van der Waals surface area contributed by atoms with Crippen molar-refractivity contribution < 1.29 is 19.5 Å². The van der Waals surface area contributed by atoms with Crippen molar-refractivity contribution in [2.45, 2.75) is 50.9 Å². The monoisotopic (exact) mass is 384 g/mol. The smallest absolute Gasteiger partial charge is 0.233 e. The van der Waals surface area contributed by atoms with E-state index in [1.807, 2.05) is 17.0 Å². The van der Waals surface area contributed by atoms with Crippen LogP contribution in [0.5, 0.6) is 5.75 Å². The van der Waals surface area contributed by atoms with Crippen molar-refractivity contribution in [3.05, 3.63) is 29.8 Å². The van der Waals surface area contributed by atoms with Crippen LogP contribution >= 0.6 is 0 Å². The molecular weight excluding hydrogens is 356 g/mol. The Labute approximate surface area is 165 Å². The predicted octanol–water partition coefficient (Wildman–Crippen LogP) is 2.66. The summed E-state index contributed by atoms with van der Waals surface area (Å²) in [5.74, 6) is 0.285. The van der Waals surface area contributed by atoms with E-state index in [0.29, 0.717) is 19.0 Å². The number of phenolic OH excluding ortho intramolecular Hbond substituents is 1. The van der Waals surface area contributed by atoms with E-state index in [-0.39, 0.29) is 48.3 Å². The average molecular weight is 384 g/mol. The summed E-state index contributed by atoms with van der Waals surface area (Å²) in [7, 11) is 0. The van der Waals surface area contributed by atoms with Crippen molar-refractivity contribution >= 4 is 17.7 Å². The van der Waals surface area contributed by atoms with E-state index in [2.05, 4.69) is 0 Å². The molecule has 3 fully saturated rings. The summed E-state index contributed by atoms with van der Waals surface area (Å²) in [6.07, 6.45) is 5.66. The van der Waals surface area contributed by atoms with Crippen LogP contribution in [0, 0.1) is 11.8 Å². The number of hydrogen-bond donors (Lipinski definition) is 1. The Kier molecular flexibility index (Phi) is 5.38. The number of benzene rings is 1. The van der Waals surface area contributed by atoms with Crippen molar-refractivity contribution in [2.75, 3.05) is 19.6 Å². The van der Waals surface area contributed by atoms with Crippen LogP contribution in [-0.2, 0) is 14.4 Å². The molecule has 3 aliphatic rings. The molecule has 1 N–H and O–H groups in total. The molecule has 1 aromatic carbocycles. The van der Waals surface area contributed by atoms with Crippen LogP contribution in [0.25, 0.3) is 0 Å². The van der Waals surface area contributed by atoms with Gasteiger partial charge in [0.2, 0.25) is 17.7 Å². The molecule has 2 unspecified atom stereocenters. The Hall–Kier alpha value is -2.37. The number of nitrogens with zero attached hydrogens (tertiary/aromatic N) is 2. The Morgan fingerprint density at radius 2 is 1.50 bits per heavy atom. The summed E-state index contributed by atoms with van der Waals surface area (Å²) in [5, 5.41) is 9.42. The first-order valence-corrected chi connectivity index (χ1v) is 10.5. The number of imide groups is 1. The van der Waals surface area contributed by atoms with Gasteiger partial charge >= 0.3 is 0 Å². The van der Waals surface area contributed by atoms with Gasteiger partial charge in [-0.1, -0.05) is 25.0 Å². The van der Waals surface area contributed by atoms with Crippen LogP contribution in [-0.4, -0.2) is 52.3 Å². The minimum atomic E-state index is -0.141. The van der Waals surface area contributed by atoms with Gasteiger partial charge in [0.05, 0.1) is 11.8 Å². The normalized spacial score (nSPS) is 25.9. The van der Waals surface area contributed by atoms with Crippen molar-refractivity contribution in [2.24, 2.45) is 11.8 Å². The highest BCUT2D eigenvalue weighted by Gasteiger charge is 2.47. The molecule has 2 saturated heterocycles. The van der Waals surface area contributed by atoms with Gasteiger partial charge in [0, 0.05) is 26.1 Å². The van der Waals surface area contributed by atoms with E-state index in [0.717, 1.165) is 38.5 Å². The number of piperidine rings is 1. The summed E-state index contributed by atoms with van der Waals surface area (Å²) < 4.78 is 0. The zero-order valence-corrected chi connectivity index (χ0v) is 16.2. The Balaban J connectivity index is 1.27. The first-order valence-electron chi connectivity index (χ1n) is 10.5. The number of fused-ring (bicyclic) bond motifs is 1. The van der Waals surface area contributed by atoms with E-state index >= 15 is 0 Å². The highest BCUT2D eigenvalue weighted by Crippen LogP contribution is 2.38. The molecule has 0 spiro atoms. The lowest BCUT2D eigenvalue weighted by molar-refractivity contribution is -0.141. The maximum Gasteiger partial charge on any atom is 0.233 e. The highest BCUT2D eigenvalue weighted by atomic mass is 16.3. The van der Waals surface area contributed by atoms with Crippen molar-refractivity contribution in [3.8, 4) is 5.75 Å². The number of hydrogen-bond acceptors (Lipinski definition) is 4. The molecule has 0 aromatic heterocycles. The van der Waals surface area contributed by atoms with Gasteiger partial charge in [-0.25, -0.2) is 0 Å². The minimum Gasteiger partial charge on any atom is -0.508 e. The SMILES string of the molecule is O=C(CCN1C(=O)C2CCCCC2C1=O)N1CCC(c2ccc(O)cc2)CC1. The molecule has 1 saturated carbocycles. The van der Waals surface area contributed by atoms with Crippen molar-refractivity contribution in [3.63, 3.8) is 0 Å². The Morgan fingerprint density at radius 3 is 2.07 bits per heavy atom. The summed E-state index contributed by atoms with van der Waals surface area (Å²) in [5.41, 5.74) is 1.20. The van der Waals surface area contributed by atoms with Crippen LogP contribution in [0.1, 0.15) is 56.4 Å². The van der Waals surface area contributed by atoms with Gasteiger partial charge in [-0.15, -0.1) is 0 Å². The lowest BCUT2D eigenvalue weighted by Crippen LogP contribution is -2.40. The molecule has 0 bridgehead atoms. The van der Waals surface area contributed by atoms with Gasteiger partial charge in [0.25, 0.3) is 0 Å². The molecule has 2 aliphatic heterocycles. The number of rotatable bonds is 4. The predicted molar refractivity (Wildman–Crippen MR) is 103 cm³/mol. The van der Waals surface area contributed by atoms with E-state index in [9.17, 15) is 19.5 Å². The molecule has 2 atom stereocenters. The van der Waals surface area contributed by atoms with Crippen LogP contribution in [0.3, 0.4) is 0 Å². The Bertz CT molecular complexity index is 728. The van der Waals surface area contributed by atoms with Crippen LogP contribution in [0.2, 0.25) is 0 Å². The number of carbonyl (C=O) groups excluding carboxylic acids is 3. The van der Waals surface area contributed by atoms with Gasteiger partial charge in [0.1, 0.15) is 5.75 Å². The first kappa shape index (κ1) is 19.0. The second kappa shape index (κ2) is 7.94. The van der Waals surface area contributed by atoms with E-state index < -0.39 is 0 Å². The Morgan fingerprint density at radius 1 is 0.929 bits per heavy atom. The molecule has 1 aromatic rings. The molecular formula is C22H28N2O4. The number of carbonyl (C=O) groups is 3. The number of aromatic hydroxyl groups is 1. The zero-order chi connectivity index (χ0) is 19.7. The second-order valence-electron chi connectivity index (χ2n) is 8.32. The standard InChI is InChI=1S/C22H28N2O4/c25-17-7-5-15(6-8-17)16-9-12-23(13-10-16)20(26)11-14-24-21(27)18-3-1-2-4-19(18)22(24)28/h5-8,16,18-19,25H,1-4,9-14H2. The molecule has 28 heavy (non-hydrogen) atoms.